The first-order valence-corrected chi connectivity index (χ1v) is 3.32. The van der Waals surface area contributed by atoms with Crippen molar-refractivity contribution in [3.63, 3.8) is 0 Å². The van der Waals surface area contributed by atoms with E-state index in [-0.39, 0.29) is 6.23 Å². The fraction of sp³-hybridized carbons (Fsp3) is 0.833. The highest BCUT2D eigenvalue weighted by Gasteiger charge is 2.02. The quantitative estimate of drug-likeness (QED) is 0.385. The molecule has 0 fully saturated rings. The van der Waals surface area contributed by atoms with Crippen molar-refractivity contribution >= 4 is 6.47 Å². The molecule has 0 aromatic heterocycles. The molecule has 60 valence electrons. The molecule has 4 heteroatoms. The van der Waals surface area contributed by atoms with Crippen molar-refractivity contribution in [1.82, 2.24) is 10.6 Å². The van der Waals surface area contributed by atoms with Gasteiger partial charge in [-0.1, -0.05) is 6.92 Å². The molecular weight excluding hydrogens is 132 g/mol. The van der Waals surface area contributed by atoms with Gasteiger partial charge in [-0.2, -0.15) is 0 Å². The molecule has 0 aromatic carbocycles. The Labute approximate surface area is 60.9 Å². The van der Waals surface area contributed by atoms with Crippen molar-refractivity contribution in [2.45, 2.75) is 13.2 Å². The lowest BCUT2D eigenvalue weighted by molar-refractivity contribution is -0.134. The molecule has 0 aliphatic rings. The molecule has 4 nitrogen and oxygen atoms in total. The van der Waals surface area contributed by atoms with Gasteiger partial charge in [0.15, 0.2) is 6.23 Å². The maximum absolute atomic E-state index is 9.85. The Morgan fingerprint density at radius 3 is 2.80 bits per heavy atom. The maximum atomic E-state index is 9.85. The van der Waals surface area contributed by atoms with E-state index in [9.17, 15) is 4.79 Å². The number of carbonyl (C=O) groups is 1. The lowest BCUT2D eigenvalue weighted by Gasteiger charge is -2.13. The second-order valence-electron chi connectivity index (χ2n) is 1.82. The molecule has 0 heterocycles. The van der Waals surface area contributed by atoms with Crippen LogP contribution in [0.5, 0.6) is 0 Å². The van der Waals surface area contributed by atoms with E-state index in [1.54, 1.807) is 7.05 Å². The van der Waals surface area contributed by atoms with E-state index >= 15 is 0 Å². The van der Waals surface area contributed by atoms with Crippen LogP contribution in [0.4, 0.5) is 0 Å². The lowest BCUT2D eigenvalue weighted by Crippen LogP contribution is -2.38. The van der Waals surface area contributed by atoms with Crippen LogP contribution in [0.3, 0.4) is 0 Å². The van der Waals surface area contributed by atoms with Crippen LogP contribution in [-0.2, 0) is 9.53 Å². The van der Waals surface area contributed by atoms with Gasteiger partial charge in [-0.25, -0.2) is 0 Å². The van der Waals surface area contributed by atoms with Crippen molar-refractivity contribution < 1.29 is 9.53 Å². The predicted molar refractivity (Wildman–Crippen MR) is 38.5 cm³/mol. The molecule has 0 amide bonds. The third-order valence-electron chi connectivity index (χ3n) is 1.12. The smallest absolute Gasteiger partial charge is 0.294 e. The zero-order valence-electron chi connectivity index (χ0n) is 6.39. The molecule has 1 atom stereocenters. The molecule has 2 N–H and O–H groups in total. The first-order chi connectivity index (χ1) is 4.85. The van der Waals surface area contributed by atoms with E-state index in [0.29, 0.717) is 13.0 Å². The number of hydrogen-bond acceptors (Lipinski definition) is 4. The number of likely N-dealkylation sites (N-methyl/N-ethyl adjacent to an activating group) is 2. The van der Waals surface area contributed by atoms with Crippen molar-refractivity contribution in [2.24, 2.45) is 0 Å². The second kappa shape index (κ2) is 6.51. The highest BCUT2D eigenvalue weighted by Crippen LogP contribution is 1.78. The summed E-state index contributed by atoms with van der Waals surface area (Å²) in [4.78, 5) is 9.85. The van der Waals surface area contributed by atoms with E-state index in [0.717, 1.165) is 6.54 Å². The van der Waals surface area contributed by atoms with Gasteiger partial charge in [0.2, 0.25) is 0 Å². The molecular formula is C6H14N2O2. The molecule has 0 aromatic rings. The van der Waals surface area contributed by atoms with E-state index in [1.165, 1.54) is 0 Å². The van der Waals surface area contributed by atoms with Gasteiger partial charge in [-0.05, 0) is 13.6 Å². The normalized spacial score (nSPS) is 12.6. The summed E-state index contributed by atoms with van der Waals surface area (Å²) in [7, 11) is 1.74. The standard InChI is InChI=1S/C6H14N2O2/c1-3-8-4-6(7-2)10-5-9/h5-8H,3-4H2,1-2H3. The van der Waals surface area contributed by atoms with Gasteiger partial charge in [0.25, 0.3) is 6.47 Å². The van der Waals surface area contributed by atoms with Gasteiger partial charge in [0.1, 0.15) is 0 Å². The molecule has 0 rings (SSSR count). The van der Waals surface area contributed by atoms with Crippen LogP contribution >= 0.6 is 0 Å². The number of carbonyl (C=O) groups excluding carboxylic acids is 1. The van der Waals surface area contributed by atoms with Crippen LogP contribution in [0.15, 0.2) is 0 Å². The summed E-state index contributed by atoms with van der Waals surface area (Å²) in [5, 5.41) is 5.86. The average Bonchev–Trinajstić information content (AvgIpc) is 1.98. The first kappa shape index (κ1) is 9.39. The molecule has 0 aliphatic carbocycles. The highest BCUT2D eigenvalue weighted by atomic mass is 16.5. The van der Waals surface area contributed by atoms with Crippen LogP contribution < -0.4 is 10.6 Å². The zero-order chi connectivity index (χ0) is 7.82. The second-order valence-corrected chi connectivity index (χ2v) is 1.82. The summed E-state index contributed by atoms with van der Waals surface area (Å²) in [6, 6.07) is 0. The molecule has 0 radical (unpaired) electrons. The Kier molecular flexibility index (Phi) is 6.11. The van der Waals surface area contributed by atoms with Gasteiger partial charge >= 0.3 is 0 Å². The molecule has 0 bridgehead atoms. The van der Waals surface area contributed by atoms with Crippen molar-refractivity contribution in [2.75, 3.05) is 20.1 Å². The van der Waals surface area contributed by atoms with E-state index in [4.69, 9.17) is 0 Å². The molecule has 0 saturated carbocycles. The predicted octanol–water partition coefficient (Wildman–Crippen LogP) is -0.686. The van der Waals surface area contributed by atoms with Crippen LogP contribution in [0.1, 0.15) is 6.92 Å². The number of ether oxygens (including phenoxy) is 1. The number of hydrogen-bond donors (Lipinski definition) is 2. The Balaban J connectivity index is 3.29. The number of nitrogens with one attached hydrogen (secondary N) is 2. The van der Waals surface area contributed by atoms with Gasteiger partial charge in [-0.15, -0.1) is 0 Å². The van der Waals surface area contributed by atoms with E-state index < -0.39 is 0 Å². The number of rotatable bonds is 6. The van der Waals surface area contributed by atoms with E-state index in [2.05, 4.69) is 15.4 Å². The third kappa shape index (κ3) is 4.29. The van der Waals surface area contributed by atoms with Crippen LogP contribution in [-0.4, -0.2) is 32.8 Å². The topological polar surface area (TPSA) is 50.4 Å². The fourth-order valence-corrected chi connectivity index (χ4v) is 0.561. The summed E-state index contributed by atoms with van der Waals surface area (Å²) in [5.74, 6) is 0. The summed E-state index contributed by atoms with van der Waals surface area (Å²) >= 11 is 0. The maximum Gasteiger partial charge on any atom is 0.294 e. The largest absolute Gasteiger partial charge is 0.447 e. The SMILES string of the molecule is CCNCC(NC)OC=O. The van der Waals surface area contributed by atoms with Gasteiger partial charge in [0, 0.05) is 6.54 Å². The Morgan fingerprint density at radius 1 is 1.70 bits per heavy atom. The monoisotopic (exact) mass is 146 g/mol. The van der Waals surface area contributed by atoms with Crippen LogP contribution in [0.2, 0.25) is 0 Å². The van der Waals surface area contributed by atoms with Crippen LogP contribution in [0.25, 0.3) is 0 Å². The zero-order valence-corrected chi connectivity index (χ0v) is 6.39. The minimum atomic E-state index is -0.211. The molecule has 0 saturated heterocycles. The molecule has 0 aliphatic heterocycles. The van der Waals surface area contributed by atoms with Crippen molar-refractivity contribution in [1.29, 1.82) is 0 Å². The van der Waals surface area contributed by atoms with Gasteiger partial charge < -0.3 is 10.1 Å². The summed E-state index contributed by atoms with van der Waals surface area (Å²) in [5.41, 5.74) is 0. The summed E-state index contributed by atoms with van der Waals surface area (Å²) < 4.78 is 4.64. The van der Waals surface area contributed by atoms with Crippen molar-refractivity contribution in [3.05, 3.63) is 0 Å². The summed E-state index contributed by atoms with van der Waals surface area (Å²) in [6.07, 6.45) is -0.211. The van der Waals surface area contributed by atoms with Gasteiger partial charge in [-0.3, -0.25) is 10.1 Å². The molecule has 10 heavy (non-hydrogen) atoms. The third-order valence-corrected chi connectivity index (χ3v) is 1.12. The first-order valence-electron chi connectivity index (χ1n) is 3.32. The highest BCUT2D eigenvalue weighted by molar-refractivity contribution is 5.37. The summed E-state index contributed by atoms with van der Waals surface area (Å²) in [6.45, 7) is 3.96. The lowest BCUT2D eigenvalue weighted by atomic mass is 10.5. The fourth-order valence-electron chi connectivity index (χ4n) is 0.561. The van der Waals surface area contributed by atoms with Gasteiger partial charge in [0.05, 0.1) is 0 Å². The Morgan fingerprint density at radius 2 is 2.40 bits per heavy atom. The average molecular weight is 146 g/mol. The van der Waals surface area contributed by atoms with E-state index in [1.807, 2.05) is 6.92 Å². The van der Waals surface area contributed by atoms with Crippen molar-refractivity contribution in [3.8, 4) is 0 Å². The minimum absolute atomic E-state index is 0.211. The van der Waals surface area contributed by atoms with Crippen LogP contribution in [0, 0.1) is 0 Å². The molecule has 1 unspecified atom stereocenters. The Hall–Kier alpha value is -0.610. The Bertz CT molecular complexity index is 87.8. The molecule has 0 spiro atoms. The minimum Gasteiger partial charge on any atom is -0.447 e.